The molecule has 0 bridgehead atoms. The maximum Gasteiger partial charge on any atom is 0.254 e. The fourth-order valence-electron chi connectivity index (χ4n) is 1.98. The van der Waals surface area contributed by atoms with Crippen LogP contribution in [0.3, 0.4) is 0 Å². The summed E-state index contributed by atoms with van der Waals surface area (Å²) >= 11 is 0. The molecule has 1 amide bonds. The van der Waals surface area contributed by atoms with E-state index in [9.17, 15) is 4.79 Å². The van der Waals surface area contributed by atoms with Gasteiger partial charge < -0.3 is 10.6 Å². The van der Waals surface area contributed by atoms with Crippen LogP contribution in [0.4, 0.5) is 0 Å². The van der Waals surface area contributed by atoms with E-state index < -0.39 is 0 Å². The van der Waals surface area contributed by atoms with Crippen molar-refractivity contribution in [1.29, 1.82) is 0 Å². The number of likely N-dealkylation sites (N-methyl/N-ethyl adjacent to an activating group) is 1. The molecule has 0 aliphatic rings. The zero-order valence-electron chi connectivity index (χ0n) is 12.3. The molecule has 2 N–H and O–H groups in total. The number of aromatic nitrogens is 2. The smallest absolute Gasteiger partial charge is 0.254 e. The van der Waals surface area contributed by atoms with Gasteiger partial charge in [0, 0.05) is 18.8 Å². The summed E-state index contributed by atoms with van der Waals surface area (Å²) in [5, 5.41) is 10.2. The SMILES string of the molecule is CNCCNC(=O)c1cnn(Cc2ccccc2)c1C.Cl. The molecule has 0 saturated heterocycles. The summed E-state index contributed by atoms with van der Waals surface area (Å²) in [6.07, 6.45) is 1.63. The molecular formula is C15H21ClN4O. The maximum atomic E-state index is 12.0. The van der Waals surface area contributed by atoms with Gasteiger partial charge in [-0.15, -0.1) is 12.4 Å². The Labute approximate surface area is 131 Å². The lowest BCUT2D eigenvalue weighted by molar-refractivity contribution is 0.0953. The molecule has 1 aromatic heterocycles. The molecule has 0 spiro atoms. The van der Waals surface area contributed by atoms with E-state index in [2.05, 4.69) is 15.7 Å². The quantitative estimate of drug-likeness (QED) is 0.797. The van der Waals surface area contributed by atoms with Crippen molar-refractivity contribution in [3.8, 4) is 0 Å². The lowest BCUT2D eigenvalue weighted by Crippen LogP contribution is -2.30. The zero-order chi connectivity index (χ0) is 14.4. The Hall–Kier alpha value is -1.85. The van der Waals surface area contributed by atoms with E-state index >= 15 is 0 Å². The number of halogens is 1. The van der Waals surface area contributed by atoms with E-state index in [-0.39, 0.29) is 18.3 Å². The molecule has 0 fully saturated rings. The van der Waals surface area contributed by atoms with Crippen LogP contribution in [0.1, 0.15) is 21.6 Å². The highest BCUT2D eigenvalue weighted by molar-refractivity contribution is 5.95. The number of nitrogens with zero attached hydrogens (tertiary/aromatic N) is 2. The average Bonchev–Trinajstić information content (AvgIpc) is 2.82. The van der Waals surface area contributed by atoms with Gasteiger partial charge in [-0.05, 0) is 19.5 Å². The van der Waals surface area contributed by atoms with Crippen molar-refractivity contribution < 1.29 is 4.79 Å². The van der Waals surface area contributed by atoms with Crippen LogP contribution in [0.5, 0.6) is 0 Å². The first-order valence-corrected chi connectivity index (χ1v) is 6.71. The molecule has 0 aliphatic heterocycles. The van der Waals surface area contributed by atoms with Crippen LogP contribution in [0.15, 0.2) is 36.5 Å². The molecule has 0 unspecified atom stereocenters. The van der Waals surface area contributed by atoms with Gasteiger partial charge in [0.15, 0.2) is 0 Å². The average molecular weight is 309 g/mol. The van der Waals surface area contributed by atoms with Crippen LogP contribution < -0.4 is 10.6 Å². The lowest BCUT2D eigenvalue weighted by atomic mass is 10.2. The van der Waals surface area contributed by atoms with E-state index in [4.69, 9.17) is 0 Å². The number of nitrogens with one attached hydrogen (secondary N) is 2. The summed E-state index contributed by atoms with van der Waals surface area (Å²) in [7, 11) is 1.86. The van der Waals surface area contributed by atoms with Gasteiger partial charge >= 0.3 is 0 Å². The normalized spacial score (nSPS) is 10.0. The largest absolute Gasteiger partial charge is 0.351 e. The first-order valence-electron chi connectivity index (χ1n) is 6.71. The van der Waals surface area contributed by atoms with Gasteiger partial charge in [-0.25, -0.2) is 0 Å². The van der Waals surface area contributed by atoms with Gasteiger partial charge in [-0.1, -0.05) is 30.3 Å². The van der Waals surface area contributed by atoms with Crippen molar-refractivity contribution >= 4 is 18.3 Å². The minimum atomic E-state index is -0.0722. The molecule has 0 saturated carbocycles. The predicted octanol–water partition coefficient (Wildman–Crippen LogP) is 1.61. The highest BCUT2D eigenvalue weighted by atomic mass is 35.5. The Morgan fingerprint density at radius 2 is 1.95 bits per heavy atom. The second kappa shape index (κ2) is 8.44. The molecule has 5 nitrogen and oxygen atoms in total. The van der Waals surface area contributed by atoms with Crippen LogP contribution in [0, 0.1) is 6.92 Å². The van der Waals surface area contributed by atoms with E-state index in [0.717, 1.165) is 12.2 Å². The van der Waals surface area contributed by atoms with Crippen molar-refractivity contribution in [3.05, 3.63) is 53.3 Å². The molecular weight excluding hydrogens is 288 g/mol. The highest BCUT2D eigenvalue weighted by Gasteiger charge is 2.13. The minimum Gasteiger partial charge on any atom is -0.351 e. The molecule has 6 heteroatoms. The molecule has 0 radical (unpaired) electrons. The first-order chi connectivity index (χ1) is 9.72. The summed E-state index contributed by atoms with van der Waals surface area (Å²) in [6.45, 7) is 3.96. The number of rotatable bonds is 6. The zero-order valence-corrected chi connectivity index (χ0v) is 13.1. The summed E-state index contributed by atoms with van der Waals surface area (Å²) in [5.41, 5.74) is 2.69. The van der Waals surface area contributed by atoms with E-state index in [1.165, 1.54) is 5.56 Å². The number of hydrogen-bond acceptors (Lipinski definition) is 3. The second-order valence-electron chi connectivity index (χ2n) is 4.65. The van der Waals surface area contributed by atoms with Crippen LogP contribution >= 0.6 is 12.4 Å². The van der Waals surface area contributed by atoms with Crippen molar-refractivity contribution in [2.45, 2.75) is 13.5 Å². The van der Waals surface area contributed by atoms with Gasteiger partial charge in [-0.3, -0.25) is 9.48 Å². The Kier molecular flexibility index (Phi) is 6.91. The third-order valence-corrected chi connectivity index (χ3v) is 3.18. The number of carbonyl (C=O) groups is 1. The topological polar surface area (TPSA) is 58.9 Å². The third kappa shape index (κ3) is 4.58. The predicted molar refractivity (Wildman–Crippen MR) is 86.0 cm³/mol. The highest BCUT2D eigenvalue weighted by Crippen LogP contribution is 2.10. The van der Waals surface area contributed by atoms with Gasteiger partial charge in [0.2, 0.25) is 0 Å². The van der Waals surface area contributed by atoms with Gasteiger partial charge in [0.05, 0.1) is 18.3 Å². The van der Waals surface area contributed by atoms with Crippen molar-refractivity contribution in [2.75, 3.05) is 20.1 Å². The Morgan fingerprint density at radius 1 is 1.24 bits per heavy atom. The summed E-state index contributed by atoms with van der Waals surface area (Å²) < 4.78 is 1.85. The molecule has 114 valence electrons. The van der Waals surface area contributed by atoms with Gasteiger partial charge in [-0.2, -0.15) is 5.10 Å². The Balaban J connectivity index is 0.00000220. The molecule has 0 aliphatic carbocycles. The van der Waals surface area contributed by atoms with Crippen LogP contribution in [-0.2, 0) is 6.54 Å². The first kappa shape index (κ1) is 17.2. The number of benzene rings is 1. The fraction of sp³-hybridized carbons (Fsp3) is 0.333. The second-order valence-corrected chi connectivity index (χ2v) is 4.65. The van der Waals surface area contributed by atoms with E-state index in [1.807, 2.05) is 49.0 Å². The van der Waals surface area contributed by atoms with Crippen LogP contribution in [0.25, 0.3) is 0 Å². The third-order valence-electron chi connectivity index (χ3n) is 3.18. The summed E-state index contributed by atoms with van der Waals surface area (Å²) in [4.78, 5) is 12.0. The van der Waals surface area contributed by atoms with Crippen molar-refractivity contribution in [1.82, 2.24) is 20.4 Å². The number of hydrogen-bond donors (Lipinski definition) is 2. The lowest BCUT2D eigenvalue weighted by Gasteiger charge is -2.06. The molecule has 21 heavy (non-hydrogen) atoms. The summed E-state index contributed by atoms with van der Waals surface area (Å²) in [5.74, 6) is -0.0722. The Bertz CT molecular complexity index is 568. The number of carbonyl (C=O) groups excluding carboxylic acids is 1. The van der Waals surface area contributed by atoms with Crippen molar-refractivity contribution in [2.24, 2.45) is 0 Å². The fourth-order valence-corrected chi connectivity index (χ4v) is 1.98. The Morgan fingerprint density at radius 3 is 2.62 bits per heavy atom. The monoisotopic (exact) mass is 308 g/mol. The van der Waals surface area contributed by atoms with E-state index in [0.29, 0.717) is 18.7 Å². The maximum absolute atomic E-state index is 12.0. The molecule has 0 atom stereocenters. The van der Waals surface area contributed by atoms with Crippen LogP contribution in [0.2, 0.25) is 0 Å². The molecule has 2 rings (SSSR count). The molecule has 2 aromatic rings. The van der Waals surface area contributed by atoms with E-state index in [1.54, 1.807) is 6.20 Å². The molecule has 1 aromatic carbocycles. The standard InChI is InChI=1S/C15H20N4O.ClH/c1-12-14(15(20)17-9-8-16-2)10-18-19(12)11-13-6-4-3-5-7-13;/h3-7,10,16H,8-9,11H2,1-2H3,(H,17,20);1H. The summed E-state index contributed by atoms with van der Waals surface area (Å²) in [6, 6.07) is 10.1. The van der Waals surface area contributed by atoms with Gasteiger partial charge in [0.25, 0.3) is 5.91 Å². The van der Waals surface area contributed by atoms with Crippen molar-refractivity contribution in [3.63, 3.8) is 0 Å². The minimum absolute atomic E-state index is 0. The van der Waals surface area contributed by atoms with Crippen LogP contribution in [-0.4, -0.2) is 35.8 Å². The molecule has 1 heterocycles. The van der Waals surface area contributed by atoms with Gasteiger partial charge in [0.1, 0.15) is 0 Å². The number of amides is 1.